The molecule has 1 saturated heterocycles. The van der Waals surface area contributed by atoms with Crippen molar-refractivity contribution in [2.45, 2.75) is 51.4 Å². The van der Waals surface area contributed by atoms with Gasteiger partial charge in [-0.3, -0.25) is 19.3 Å². The summed E-state index contributed by atoms with van der Waals surface area (Å²) in [5.41, 5.74) is 2.72. The van der Waals surface area contributed by atoms with Gasteiger partial charge in [-0.05, 0) is 43.0 Å². The van der Waals surface area contributed by atoms with E-state index in [4.69, 9.17) is 0 Å². The highest BCUT2D eigenvalue weighted by molar-refractivity contribution is 6.10. The summed E-state index contributed by atoms with van der Waals surface area (Å²) in [6, 6.07) is 15.4. The first-order valence-corrected chi connectivity index (χ1v) is 12.0. The lowest BCUT2D eigenvalue weighted by molar-refractivity contribution is -0.121. The Morgan fingerprint density at radius 3 is 2.77 bits per heavy atom. The van der Waals surface area contributed by atoms with Crippen molar-refractivity contribution in [2.75, 3.05) is 11.4 Å². The predicted octanol–water partition coefficient (Wildman–Crippen LogP) is 3.33. The van der Waals surface area contributed by atoms with Gasteiger partial charge in [-0.2, -0.15) is 0 Å². The highest BCUT2D eigenvalue weighted by Gasteiger charge is 2.52. The topological polar surface area (TPSA) is 87.5 Å². The summed E-state index contributed by atoms with van der Waals surface area (Å²) in [5.74, 6) is -0.103. The average Bonchev–Trinajstić information content (AvgIpc) is 3.48. The van der Waals surface area contributed by atoms with Gasteiger partial charge in [0.25, 0.3) is 5.91 Å². The predicted molar refractivity (Wildman–Crippen MR) is 131 cm³/mol. The van der Waals surface area contributed by atoms with Crippen LogP contribution in [0, 0.1) is 0 Å². The van der Waals surface area contributed by atoms with Gasteiger partial charge in [0.1, 0.15) is 5.66 Å². The third kappa shape index (κ3) is 4.43. The van der Waals surface area contributed by atoms with Gasteiger partial charge < -0.3 is 14.8 Å². The van der Waals surface area contributed by atoms with E-state index < -0.39 is 5.66 Å². The highest BCUT2D eigenvalue weighted by atomic mass is 16.2. The Kier molecular flexibility index (Phi) is 6.11. The van der Waals surface area contributed by atoms with Crippen molar-refractivity contribution >= 4 is 23.4 Å². The third-order valence-electron chi connectivity index (χ3n) is 6.94. The van der Waals surface area contributed by atoms with Gasteiger partial charge in [0.05, 0.1) is 17.6 Å². The minimum atomic E-state index is -0.686. The molecule has 5 rings (SSSR count). The van der Waals surface area contributed by atoms with Gasteiger partial charge in [-0.25, -0.2) is 4.98 Å². The average molecular weight is 472 g/mol. The maximum absolute atomic E-state index is 13.3. The Labute approximate surface area is 204 Å². The van der Waals surface area contributed by atoms with Crippen molar-refractivity contribution < 1.29 is 14.4 Å². The molecule has 0 aliphatic carbocycles. The fourth-order valence-corrected chi connectivity index (χ4v) is 5.16. The highest BCUT2D eigenvalue weighted by Crippen LogP contribution is 2.44. The molecule has 0 saturated carbocycles. The first-order valence-electron chi connectivity index (χ1n) is 12.0. The molecule has 1 unspecified atom stereocenters. The van der Waals surface area contributed by atoms with E-state index in [1.807, 2.05) is 48.0 Å². The van der Waals surface area contributed by atoms with Crippen LogP contribution in [0.2, 0.25) is 0 Å². The maximum atomic E-state index is 13.3. The number of nitrogens with one attached hydrogen (secondary N) is 1. The van der Waals surface area contributed by atoms with Crippen LogP contribution in [0.15, 0.2) is 67.3 Å². The molecular weight excluding hydrogens is 442 g/mol. The molecule has 1 N–H and O–H groups in total. The second-order valence-corrected chi connectivity index (χ2v) is 9.36. The van der Waals surface area contributed by atoms with Gasteiger partial charge in [0, 0.05) is 44.9 Å². The van der Waals surface area contributed by atoms with Crippen LogP contribution in [-0.4, -0.2) is 44.4 Å². The van der Waals surface area contributed by atoms with Crippen LogP contribution in [0.1, 0.15) is 54.1 Å². The summed E-state index contributed by atoms with van der Waals surface area (Å²) in [4.78, 5) is 46.1. The van der Waals surface area contributed by atoms with Gasteiger partial charge in [-0.15, -0.1) is 0 Å². The summed E-state index contributed by atoms with van der Waals surface area (Å²) in [6.07, 6.45) is 7.29. The van der Waals surface area contributed by atoms with Gasteiger partial charge in [-0.1, -0.05) is 36.4 Å². The summed E-state index contributed by atoms with van der Waals surface area (Å²) in [7, 11) is 0. The number of imidazole rings is 1. The van der Waals surface area contributed by atoms with Crippen LogP contribution in [0.5, 0.6) is 0 Å². The number of anilines is 1. The first-order chi connectivity index (χ1) is 17.0. The van der Waals surface area contributed by atoms with E-state index in [-0.39, 0.29) is 17.7 Å². The molecule has 8 heteroatoms. The molecule has 0 radical (unpaired) electrons. The number of rotatable bonds is 8. The van der Waals surface area contributed by atoms with Crippen LogP contribution in [-0.2, 0) is 22.7 Å². The minimum Gasteiger partial charge on any atom is -0.352 e. The second-order valence-electron chi connectivity index (χ2n) is 9.36. The lowest BCUT2D eigenvalue weighted by Crippen LogP contribution is -2.62. The van der Waals surface area contributed by atoms with E-state index in [1.165, 1.54) is 0 Å². The van der Waals surface area contributed by atoms with E-state index in [1.54, 1.807) is 28.4 Å². The van der Waals surface area contributed by atoms with E-state index >= 15 is 0 Å². The molecule has 3 amide bonds. The van der Waals surface area contributed by atoms with Crippen LogP contribution >= 0.6 is 0 Å². The number of amides is 3. The quantitative estimate of drug-likeness (QED) is 0.546. The van der Waals surface area contributed by atoms with Crippen LogP contribution in [0.4, 0.5) is 5.69 Å². The number of hydrogen-bond acceptors (Lipinski definition) is 4. The molecule has 8 nitrogen and oxygen atoms in total. The normalized spacial score (nSPS) is 19.0. The molecule has 1 atom stereocenters. The first kappa shape index (κ1) is 22.8. The van der Waals surface area contributed by atoms with Crippen LogP contribution in [0.25, 0.3) is 0 Å². The van der Waals surface area contributed by atoms with Gasteiger partial charge in [0.2, 0.25) is 11.8 Å². The van der Waals surface area contributed by atoms with Crippen molar-refractivity contribution in [1.29, 1.82) is 0 Å². The summed E-state index contributed by atoms with van der Waals surface area (Å²) in [5, 5.41) is 2.99. The lowest BCUT2D eigenvalue weighted by atomic mass is 9.98. The smallest absolute Gasteiger partial charge is 0.257 e. The van der Waals surface area contributed by atoms with Crippen molar-refractivity contribution in [2.24, 2.45) is 0 Å². The zero-order valence-corrected chi connectivity index (χ0v) is 19.8. The molecule has 2 aliphatic heterocycles. The maximum Gasteiger partial charge on any atom is 0.257 e. The molecule has 2 aliphatic rings. The zero-order chi connectivity index (χ0) is 24.4. The van der Waals surface area contributed by atoms with Crippen LogP contribution < -0.4 is 10.2 Å². The van der Waals surface area contributed by atoms with E-state index in [2.05, 4.69) is 22.4 Å². The third-order valence-corrected chi connectivity index (χ3v) is 6.94. The standard InChI is InChI=1S/C27H29N5O3/c1-27-12-11-25(34)32(27)23-9-3-2-8-22(23)26(35)31(27)14-5-10-24(33)29-17-20-6-4-7-21(16-20)18-30-15-13-28-19-30/h2-4,6-9,13,15-16,19H,5,10-12,14,17-18H2,1H3,(H,29,33). The monoisotopic (exact) mass is 471 g/mol. The van der Waals surface area contributed by atoms with Crippen molar-refractivity contribution in [3.63, 3.8) is 0 Å². The fourth-order valence-electron chi connectivity index (χ4n) is 5.16. The Morgan fingerprint density at radius 2 is 1.94 bits per heavy atom. The number of benzene rings is 2. The molecule has 1 aromatic heterocycles. The number of hydrogen-bond donors (Lipinski definition) is 1. The fraction of sp³-hybridized carbons (Fsp3) is 0.333. The van der Waals surface area contributed by atoms with Gasteiger partial charge >= 0.3 is 0 Å². The lowest BCUT2D eigenvalue weighted by Gasteiger charge is -2.48. The largest absolute Gasteiger partial charge is 0.352 e. The number of fused-ring (bicyclic) bond motifs is 3. The molecule has 35 heavy (non-hydrogen) atoms. The zero-order valence-electron chi connectivity index (χ0n) is 19.8. The molecule has 3 aromatic rings. The summed E-state index contributed by atoms with van der Waals surface area (Å²) < 4.78 is 2.00. The Bertz CT molecular complexity index is 1260. The summed E-state index contributed by atoms with van der Waals surface area (Å²) in [6.45, 7) is 3.55. The number of carbonyl (C=O) groups is 3. The Balaban J connectivity index is 1.17. The van der Waals surface area contributed by atoms with Gasteiger partial charge in [0.15, 0.2) is 0 Å². The van der Waals surface area contributed by atoms with Crippen molar-refractivity contribution in [1.82, 2.24) is 19.8 Å². The molecule has 0 bridgehead atoms. The summed E-state index contributed by atoms with van der Waals surface area (Å²) >= 11 is 0. The Hall–Kier alpha value is -3.94. The second kappa shape index (κ2) is 9.37. The van der Waals surface area contributed by atoms with Crippen molar-refractivity contribution in [3.05, 3.63) is 83.9 Å². The molecule has 0 spiro atoms. The molecule has 180 valence electrons. The van der Waals surface area contributed by atoms with Crippen molar-refractivity contribution in [3.8, 4) is 0 Å². The van der Waals surface area contributed by atoms with E-state index in [0.29, 0.717) is 50.0 Å². The Morgan fingerprint density at radius 1 is 1.11 bits per heavy atom. The number of aromatic nitrogens is 2. The van der Waals surface area contributed by atoms with Crippen LogP contribution in [0.3, 0.4) is 0 Å². The molecule has 3 heterocycles. The SMILES string of the molecule is CC12CCC(=O)N1c1ccccc1C(=O)N2CCCC(=O)NCc1cccc(Cn2ccnc2)c1. The number of carbonyl (C=O) groups excluding carboxylic acids is 3. The molecule has 1 fully saturated rings. The molecular formula is C27H29N5O3. The number of para-hydroxylation sites is 1. The minimum absolute atomic E-state index is 0.0328. The van der Waals surface area contributed by atoms with E-state index in [0.717, 1.165) is 17.7 Å². The molecule has 2 aromatic carbocycles. The van der Waals surface area contributed by atoms with E-state index in [9.17, 15) is 14.4 Å². The number of nitrogens with zero attached hydrogens (tertiary/aromatic N) is 4.